The quantitative estimate of drug-likeness (QED) is 0.778. The molecule has 0 atom stereocenters. The minimum atomic E-state index is -0.436. The van der Waals surface area contributed by atoms with Gasteiger partial charge in [0.15, 0.2) is 0 Å². The number of urea groups is 1. The van der Waals surface area contributed by atoms with Crippen LogP contribution in [0.1, 0.15) is 52.3 Å². The first-order valence-corrected chi connectivity index (χ1v) is 9.83. The number of H-pyrrole nitrogens is 1. The highest BCUT2D eigenvalue weighted by Crippen LogP contribution is 2.40. The van der Waals surface area contributed by atoms with Crippen LogP contribution in [0.4, 0.5) is 4.79 Å². The summed E-state index contributed by atoms with van der Waals surface area (Å²) in [5.74, 6) is -0.436. The van der Waals surface area contributed by atoms with E-state index in [9.17, 15) is 9.59 Å². The van der Waals surface area contributed by atoms with Crippen molar-refractivity contribution in [1.29, 1.82) is 0 Å². The van der Waals surface area contributed by atoms with Gasteiger partial charge in [-0.15, -0.1) is 0 Å². The third kappa shape index (κ3) is 3.77. The molecule has 2 aromatic rings. The minimum absolute atomic E-state index is 0.209. The van der Waals surface area contributed by atoms with Crippen molar-refractivity contribution in [1.82, 2.24) is 15.2 Å². The monoisotopic (exact) mass is 383 g/mol. The molecule has 2 amide bonds. The number of rotatable bonds is 4. The van der Waals surface area contributed by atoms with Crippen LogP contribution >= 0.6 is 0 Å². The molecule has 1 aromatic heterocycles. The van der Waals surface area contributed by atoms with Crippen molar-refractivity contribution in [2.45, 2.75) is 52.6 Å². The number of carbonyl (C=O) groups is 2. The molecule has 0 radical (unpaired) electrons. The molecule has 150 valence electrons. The first-order valence-electron chi connectivity index (χ1n) is 9.83. The summed E-state index contributed by atoms with van der Waals surface area (Å²) >= 11 is 0. The summed E-state index contributed by atoms with van der Waals surface area (Å²) in [5.41, 5.74) is 2.72. The van der Waals surface area contributed by atoms with Crippen molar-refractivity contribution in [3.05, 3.63) is 41.7 Å². The Morgan fingerprint density at radius 2 is 2.00 bits per heavy atom. The summed E-state index contributed by atoms with van der Waals surface area (Å²) in [6.45, 7) is 10.9. The van der Waals surface area contributed by atoms with Crippen molar-refractivity contribution in [2.24, 2.45) is 0 Å². The molecule has 1 aliphatic heterocycles. The predicted molar refractivity (Wildman–Crippen MR) is 111 cm³/mol. The number of benzene rings is 1. The zero-order valence-corrected chi connectivity index (χ0v) is 17.3. The van der Waals surface area contributed by atoms with Gasteiger partial charge in [0.25, 0.3) is 0 Å². The Morgan fingerprint density at radius 3 is 2.68 bits per heavy atom. The van der Waals surface area contributed by atoms with Crippen LogP contribution in [0.3, 0.4) is 0 Å². The van der Waals surface area contributed by atoms with Crippen molar-refractivity contribution < 1.29 is 14.3 Å². The van der Waals surface area contributed by atoms with Gasteiger partial charge in [-0.3, -0.25) is 4.90 Å². The van der Waals surface area contributed by atoms with E-state index in [0.717, 1.165) is 28.6 Å². The molecule has 0 saturated heterocycles. The highest BCUT2D eigenvalue weighted by atomic mass is 16.5. The number of para-hydroxylation sites is 1. The van der Waals surface area contributed by atoms with Gasteiger partial charge in [0.1, 0.15) is 0 Å². The lowest BCUT2D eigenvalue weighted by Crippen LogP contribution is -2.42. The molecule has 1 aromatic carbocycles. The zero-order chi connectivity index (χ0) is 20.5. The predicted octanol–water partition coefficient (Wildman–Crippen LogP) is 4.17. The largest absolute Gasteiger partial charge is 0.459 e. The second kappa shape index (κ2) is 7.70. The van der Waals surface area contributed by atoms with Crippen LogP contribution in [-0.4, -0.2) is 41.1 Å². The van der Waals surface area contributed by atoms with Gasteiger partial charge < -0.3 is 15.0 Å². The molecule has 2 N–H and O–H groups in total. The van der Waals surface area contributed by atoms with Gasteiger partial charge in [0, 0.05) is 35.6 Å². The summed E-state index contributed by atoms with van der Waals surface area (Å²) in [5, 5.41) is 3.96. The first-order chi connectivity index (χ1) is 13.2. The van der Waals surface area contributed by atoms with Gasteiger partial charge in [-0.05, 0) is 31.9 Å². The van der Waals surface area contributed by atoms with Gasteiger partial charge >= 0.3 is 12.0 Å². The van der Waals surface area contributed by atoms with Gasteiger partial charge in [-0.1, -0.05) is 39.0 Å². The number of esters is 1. The lowest BCUT2D eigenvalue weighted by Gasteiger charge is -2.29. The molecule has 6 nitrogen and oxygen atoms in total. The van der Waals surface area contributed by atoms with E-state index in [-0.39, 0.29) is 17.6 Å². The van der Waals surface area contributed by atoms with Gasteiger partial charge in [0.2, 0.25) is 0 Å². The normalized spacial score (nSPS) is 15.8. The average Bonchev–Trinajstić information content (AvgIpc) is 2.96. The molecule has 0 aliphatic carbocycles. The maximum atomic E-state index is 12.9. The molecule has 0 spiro atoms. The molecule has 0 saturated carbocycles. The van der Waals surface area contributed by atoms with Crippen molar-refractivity contribution in [2.75, 3.05) is 13.1 Å². The summed E-state index contributed by atoms with van der Waals surface area (Å²) in [7, 11) is 0. The second-order valence-electron chi connectivity index (χ2n) is 8.16. The molecule has 3 rings (SSSR count). The van der Waals surface area contributed by atoms with Crippen LogP contribution < -0.4 is 5.32 Å². The van der Waals surface area contributed by atoms with E-state index in [1.807, 2.05) is 45.0 Å². The fraction of sp³-hybridized carbons (Fsp3) is 0.455. The highest BCUT2D eigenvalue weighted by Gasteiger charge is 2.37. The number of carbonyl (C=O) groups excluding carboxylic acids is 2. The number of aromatic nitrogens is 1. The van der Waals surface area contributed by atoms with Crippen LogP contribution in [0.25, 0.3) is 16.5 Å². The number of nitrogens with one attached hydrogen (secondary N) is 2. The average molecular weight is 383 g/mol. The first kappa shape index (κ1) is 20.0. The van der Waals surface area contributed by atoms with Crippen LogP contribution in [0.15, 0.2) is 30.5 Å². The van der Waals surface area contributed by atoms with Gasteiger partial charge in [-0.25, -0.2) is 9.59 Å². The number of amides is 2. The highest BCUT2D eigenvalue weighted by molar-refractivity contribution is 6.18. The smallest absolute Gasteiger partial charge is 0.342 e. The van der Waals surface area contributed by atoms with Crippen molar-refractivity contribution in [3.63, 3.8) is 0 Å². The lowest BCUT2D eigenvalue weighted by molar-refractivity contribution is -0.140. The summed E-state index contributed by atoms with van der Waals surface area (Å²) in [4.78, 5) is 30.6. The fourth-order valence-corrected chi connectivity index (χ4v) is 3.71. The number of fused-ring (bicyclic) bond motifs is 3. The Kier molecular flexibility index (Phi) is 5.49. The molecule has 28 heavy (non-hydrogen) atoms. The van der Waals surface area contributed by atoms with Crippen molar-refractivity contribution in [3.8, 4) is 0 Å². The fourth-order valence-electron chi connectivity index (χ4n) is 3.71. The number of hydrogen-bond donors (Lipinski definition) is 2. The standard InChI is InChI=1S/C22H29N3O3/c1-6-11-23-21(27)25-12-16(20(26)28-14(2)3)19-18(22(4,5)13-25)15-9-7-8-10-17(15)24-19/h7-10,12,14,24H,6,11,13H2,1-5H3,(H,23,27). The Bertz CT molecular complexity index is 924. The topological polar surface area (TPSA) is 74.4 Å². The molecule has 0 fully saturated rings. The van der Waals surface area contributed by atoms with E-state index in [0.29, 0.717) is 18.7 Å². The summed E-state index contributed by atoms with van der Waals surface area (Å²) in [6, 6.07) is 7.78. The van der Waals surface area contributed by atoms with Gasteiger partial charge in [0.05, 0.1) is 17.4 Å². The zero-order valence-electron chi connectivity index (χ0n) is 17.3. The maximum absolute atomic E-state index is 12.9. The van der Waals surface area contributed by atoms with E-state index in [4.69, 9.17) is 4.74 Å². The van der Waals surface area contributed by atoms with E-state index >= 15 is 0 Å². The lowest BCUT2D eigenvalue weighted by atomic mass is 9.82. The number of ether oxygens (including phenoxy) is 1. The molecule has 2 heterocycles. The van der Waals surface area contributed by atoms with Crippen LogP contribution in [0, 0.1) is 0 Å². The maximum Gasteiger partial charge on any atom is 0.342 e. The summed E-state index contributed by atoms with van der Waals surface area (Å²) < 4.78 is 5.49. The Morgan fingerprint density at radius 1 is 1.29 bits per heavy atom. The third-order valence-electron chi connectivity index (χ3n) is 4.85. The van der Waals surface area contributed by atoms with Crippen LogP contribution in [-0.2, 0) is 14.9 Å². The number of nitrogens with zero attached hydrogens (tertiary/aromatic N) is 1. The Labute approximate surface area is 165 Å². The molecule has 6 heteroatoms. The Hall–Kier alpha value is -2.76. The Balaban J connectivity index is 2.17. The van der Waals surface area contributed by atoms with E-state index < -0.39 is 5.97 Å². The summed E-state index contributed by atoms with van der Waals surface area (Å²) in [6.07, 6.45) is 2.22. The van der Waals surface area contributed by atoms with Gasteiger partial charge in [-0.2, -0.15) is 0 Å². The second-order valence-corrected chi connectivity index (χ2v) is 8.16. The molecular formula is C22H29N3O3. The van der Waals surface area contributed by atoms with Crippen molar-refractivity contribution >= 4 is 28.5 Å². The van der Waals surface area contributed by atoms with Crippen LogP contribution in [0.2, 0.25) is 0 Å². The molecule has 0 unspecified atom stereocenters. The van der Waals surface area contributed by atoms with Crippen LogP contribution in [0.5, 0.6) is 0 Å². The molecule has 1 aliphatic rings. The molecule has 0 bridgehead atoms. The number of aromatic amines is 1. The minimum Gasteiger partial charge on any atom is -0.459 e. The van der Waals surface area contributed by atoms with E-state index in [1.165, 1.54) is 0 Å². The third-order valence-corrected chi connectivity index (χ3v) is 4.85. The molecular weight excluding hydrogens is 354 g/mol. The number of hydrogen-bond acceptors (Lipinski definition) is 3. The SMILES string of the molecule is CCCNC(=O)N1C=C(C(=O)OC(C)C)c2[nH]c3ccccc3c2C(C)(C)C1. The van der Waals surface area contributed by atoms with E-state index in [2.05, 4.69) is 24.1 Å². The van der Waals surface area contributed by atoms with E-state index in [1.54, 1.807) is 11.1 Å².